The third-order valence-corrected chi connectivity index (χ3v) is 2.67. The van der Waals surface area contributed by atoms with Crippen LogP contribution in [0.4, 0.5) is 0 Å². The molecule has 0 unspecified atom stereocenters. The fraction of sp³-hybridized carbons (Fsp3) is 0.167. The van der Waals surface area contributed by atoms with Gasteiger partial charge in [0.15, 0.2) is 0 Å². The lowest BCUT2D eigenvalue weighted by Crippen LogP contribution is -1.93. The maximum atomic E-state index is 3.70. The highest BCUT2D eigenvalue weighted by Gasteiger charge is 2.01. The van der Waals surface area contributed by atoms with Crippen LogP contribution < -0.4 is 4.72 Å². The Morgan fingerprint density at radius 2 is 2.14 bits per heavy atom. The second-order valence-corrected chi connectivity index (χ2v) is 3.94. The van der Waals surface area contributed by atoms with E-state index in [1.54, 1.807) is 11.9 Å². The third-order valence-electron chi connectivity index (χ3n) is 1.89. The van der Waals surface area contributed by atoms with Crippen molar-refractivity contribution in [1.82, 2.24) is 4.72 Å². The first kappa shape index (κ1) is 11.1. The maximum Gasteiger partial charge on any atom is 0.0303 e. The summed E-state index contributed by atoms with van der Waals surface area (Å²) in [4.78, 5) is 1.24. The summed E-state index contributed by atoms with van der Waals surface area (Å²) in [6.07, 6.45) is 3.84. The first-order valence-electron chi connectivity index (χ1n) is 4.52. The van der Waals surface area contributed by atoms with E-state index in [4.69, 9.17) is 0 Å². The van der Waals surface area contributed by atoms with Crippen LogP contribution in [-0.4, -0.2) is 7.05 Å². The molecule has 0 saturated heterocycles. The van der Waals surface area contributed by atoms with Crippen LogP contribution >= 0.6 is 11.9 Å². The van der Waals surface area contributed by atoms with Gasteiger partial charge < -0.3 is 0 Å². The minimum absolute atomic E-state index is 1.23. The smallest absolute Gasteiger partial charge is 0.0303 e. The van der Waals surface area contributed by atoms with Crippen molar-refractivity contribution in [1.29, 1.82) is 0 Å². The predicted molar refractivity (Wildman–Crippen MR) is 65.2 cm³/mol. The van der Waals surface area contributed by atoms with Gasteiger partial charge in [-0.3, -0.25) is 4.72 Å². The Hall–Kier alpha value is -0.990. The Morgan fingerprint density at radius 1 is 1.43 bits per heavy atom. The quantitative estimate of drug-likeness (QED) is 0.596. The van der Waals surface area contributed by atoms with Crippen molar-refractivity contribution < 1.29 is 0 Å². The SMILES string of the molecule is C=C/C=C(\C)c1ccccc1SNC. The number of nitrogens with one attached hydrogen (secondary N) is 1. The second-order valence-electron chi connectivity index (χ2n) is 2.89. The lowest BCUT2D eigenvalue weighted by atomic mass is 10.1. The molecule has 1 aromatic rings. The van der Waals surface area contributed by atoms with Crippen LogP contribution in [0.3, 0.4) is 0 Å². The van der Waals surface area contributed by atoms with Gasteiger partial charge in [-0.05, 0) is 43.1 Å². The van der Waals surface area contributed by atoms with E-state index in [2.05, 4.69) is 36.4 Å². The van der Waals surface area contributed by atoms with Crippen molar-refractivity contribution in [2.24, 2.45) is 0 Å². The number of hydrogen-bond donors (Lipinski definition) is 1. The Morgan fingerprint density at radius 3 is 2.79 bits per heavy atom. The average molecular weight is 205 g/mol. The van der Waals surface area contributed by atoms with Crippen LogP contribution in [0.15, 0.2) is 47.9 Å². The van der Waals surface area contributed by atoms with Gasteiger partial charge in [0.1, 0.15) is 0 Å². The van der Waals surface area contributed by atoms with Crippen LogP contribution in [-0.2, 0) is 0 Å². The molecule has 1 aromatic carbocycles. The zero-order valence-electron chi connectivity index (χ0n) is 8.58. The number of benzene rings is 1. The summed E-state index contributed by atoms with van der Waals surface area (Å²) in [5.74, 6) is 0. The van der Waals surface area contributed by atoms with Crippen LogP contribution in [0.1, 0.15) is 12.5 Å². The topological polar surface area (TPSA) is 12.0 Å². The molecule has 2 heteroatoms. The van der Waals surface area contributed by atoms with Crippen molar-refractivity contribution in [3.05, 3.63) is 48.6 Å². The van der Waals surface area contributed by atoms with E-state index in [0.717, 1.165) is 0 Å². The highest BCUT2D eigenvalue weighted by molar-refractivity contribution is 7.97. The maximum absolute atomic E-state index is 3.70. The zero-order valence-corrected chi connectivity index (χ0v) is 9.40. The van der Waals surface area contributed by atoms with Crippen LogP contribution in [0, 0.1) is 0 Å². The summed E-state index contributed by atoms with van der Waals surface area (Å²) in [6.45, 7) is 5.80. The van der Waals surface area contributed by atoms with E-state index in [-0.39, 0.29) is 0 Å². The summed E-state index contributed by atoms with van der Waals surface area (Å²) in [5.41, 5.74) is 2.49. The van der Waals surface area contributed by atoms with Gasteiger partial charge in [-0.15, -0.1) is 0 Å². The summed E-state index contributed by atoms with van der Waals surface area (Å²) >= 11 is 1.63. The monoisotopic (exact) mass is 205 g/mol. The Labute approximate surface area is 90.1 Å². The molecule has 0 heterocycles. The first-order chi connectivity index (χ1) is 6.79. The summed E-state index contributed by atoms with van der Waals surface area (Å²) in [5, 5.41) is 0. The molecule has 0 aliphatic rings. The molecule has 0 aliphatic heterocycles. The number of allylic oxidation sites excluding steroid dienone is 3. The van der Waals surface area contributed by atoms with E-state index in [1.807, 2.05) is 25.3 Å². The van der Waals surface area contributed by atoms with E-state index in [0.29, 0.717) is 0 Å². The van der Waals surface area contributed by atoms with Crippen LogP contribution in [0.5, 0.6) is 0 Å². The van der Waals surface area contributed by atoms with Gasteiger partial charge in [0.25, 0.3) is 0 Å². The zero-order chi connectivity index (χ0) is 10.4. The molecule has 0 aliphatic carbocycles. The van der Waals surface area contributed by atoms with Crippen LogP contribution in [0.2, 0.25) is 0 Å². The average Bonchev–Trinajstić information content (AvgIpc) is 2.19. The molecular formula is C12H15NS. The van der Waals surface area contributed by atoms with Gasteiger partial charge in [-0.1, -0.05) is 36.9 Å². The fourth-order valence-corrected chi connectivity index (χ4v) is 1.96. The predicted octanol–water partition coefficient (Wildman–Crippen LogP) is 3.50. The highest BCUT2D eigenvalue weighted by atomic mass is 32.2. The van der Waals surface area contributed by atoms with Gasteiger partial charge in [0.05, 0.1) is 0 Å². The van der Waals surface area contributed by atoms with Crippen molar-refractivity contribution in [3.8, 4) is 0 Å². The van der Waals surface area contributed by atoms with Crippen molar-refractivity contribution in [2.45, 2.75) is 11.8 Å². The fourth-order valence-electron chi connectivity index (χ4n) is 1.26. The van der Waals surface area contributed by atoms with Crippen molar-refractivity contribution >= 4 is 17.5 Å². The van der Waals surface area contributed by atoms with E-state index in [1.165, 1.54) is 16.0 Å². The molecule has 0 saturated carbocycles. The Balaban J connectivity index is 3.06. The van der Waals surface area contributed by atoms with Crippen molar-refractivity contribution in [2.75, 3.05) is 7.05 Å². The molecule has 0 bridgehead atoms. The van der Waals surface area contributed by atoms with Gasteiger partial charge in [-0.2, -0.15) is 0 Å². The molecule has 1 rings (SSSR count). The third kappa shape index (κ3) is 2.76. The lowest BCUT2D eigenvalue weighted by molar-refractivity contribution is 1.26. The normalized spacial score (nSPS) is 11.4. The van der Waals surface area contributed by atoms with Gasteiger partial charge in [-0.25, -0.2) is 0 Å². The van der Waals surface area contributed by atoms with Crippen molar-refractivity contribution in [3.63, 3.8) is 0 Å². The van der Waals surface area contributed by atoms with Gasteiger partial charge in [0, 0.05) is 4.90 Å². The van der Waals surface area contributed by atoms with Gasteiger partial charge in [0.2, 0.25) is 0 Å². The molecule has 0 radical (unpaired) electrons. The van der Waals surface area contributed by atoms with E-state index in [9.17, 15) is 0 Å². The molecule has 0 aromatic heterocycles. The minimum Gasteiger partial charge on any atom is -0.263 e. The molecule has 0 amide bonds. The molecule has 0 fully saturated rings. The Kier molecular flexibility index (Phi) is 4.50. The summed E-state index contributed by atoms with van der Waals surface area (Å²) in [6, 6.07) is 8.33. The molecular weight excluding hydrogens is 190 g/mol. The standard InChI is InChI=1S/C12H15NS/c1-4-7-10(2)11-8-5-6-9-12(11)14-13-3/h4-9,13H,1H2,2-3H3/b10-7+. The molecule has 1 N–H and O–H groups in total. The highest BCUT2D eigenvalue weighted by Crippen LogP contribution is 2.25. The molecule has 0 spiro atoms. The lowest BCUT2D eigenvalue weighted by Gasteiger charge is -2.07. The van der Waals surface area contributed by atoms with Gasteiger partial charge >= 0.3 is 0 Å². The second kappa shape index (κ2) is 5.68. The minimum atomic E-state index is 1.23. The summed E-state index contributed by atoms with van der Waals surface area (Å²) < 4.78 is 3.08. The molecule has 0 atom stereocenters. The number of rotatable bonds is 4. The van der Waals surface area contributed by atoms with E-state index < -0.39 is 0 Å². The number of hydrogen-bond acceptors (Lipinski definition) is 2. The molecule has 14 heavy (non-hydrogen) atoms. The first-order valence-corrected chi connectivity index (χ1v) is 5.33. The largest absolute Gasteiger partial charge is 0.263 e. The summed E-state index contributed by atoms with van der Waals surface area (Å²) in [7, 11) is 1.92. The molecule has 74 valence electrons. The Bertz CT molecular complexity index is 342. The molecule has 1 nitrogen and oxygen atoms in total. The van der Waals surface area contributed by atoms with E-state index >= 15 is 0 Å². The van der Waals surface area contributed by atoms with Crippen LogP contribution in [0.25, 0.3) is 5.57 Å².